The van der Waals surface area contributed by atoms with Crippen molar-refractivity contribution in [3.05, 3.63) is 58.9 Å². The van der Waals surface area contributed by atoms with Gasteiger partial charge in [-0.2, -0.15) is 4.68 Å². The predicted octanol–water partition coefficient (Wildman–Crippen LogP) is 5.20. The van der Waals surface area contributed by atoms with Gasteiger partial charge in [0, 0.05) is 27.1 Å². The first-order chi connectivity index (χ1) is 14.0. The summed E-state index contributed by atoms with van der Waals surface area (Å²) in [5.74, 6) is 0.557. The van der Waals surface area contributed by atoms with Crippen LogP contribution in [0.3, 0.4) is 0 Å². The molecule has 0 aliphatic carbocycles. The van der Waals surface area contributed by atoms with Crippen molar-refractivity contribution < 1.29 is 4.79 Å². The summed E-state index contributed by atoms with van der Waals surface area (Å²) in [7, 11) is 0. The Morgan fingerprint density at radius 1 is 1.10 bits per heavy atom. The quantitative estimate of drug-likeness (QED) is 0.609. The van der Waals surface area contributed by atoms with Gasteiger partial charge in [-0.1, -0.05) is 57.5 Å². The van der Waals surface area contributed by atoms with Crippen LogP contribution in [0.4, 0.5) is 0 Å². The molecule has 0 fully saturated rings. The lowest BCUT2D eigenvalue weighted by Crippen LogP contribution is -2.42. The van der Waals surface area contributed by atoms with Crippen LogP contribution in [0.15, 0.2) is 42.5 Å². The number of aromatic nitrogens is 4. The van der Waals surface area contributed by atoms with Gasteiger partial charge < -0.3 is 5.32 Å². The molecular weight excluding hydrogens is 398 g/mol. The number of hydrogen-bond acceptors (Lipinski definition) is 4. The van der Waals surface area contributed by atoms with Gasteiger partial charge >= 0.3 is 0 Å². The van der Waals surface area contributed by atoms with Gasteiger partial charge in [-0.25, -0.2) is 0 Å². The van der Waals surface area contributed by atoms with Crippen LogP contribution >= 0.6 is 11.6 Å². The highest BCUT2D eigenvalue weighted by atomic mass is 35.5. The lowest BCUT2D eigenvalue weighted by Gasteiger charge is -2.25. The zero-order valence-electron chi connectivity index (χ0n) is 18.3. The van der Waals surface area contributed by atoms with E-state index in [4.69, 9.17) is 11.6 Å². The molecule has 30 heavy (non-hydrogen) atoms. The zero-order valence-corrected chi connectivity index (χ0v) is 19.1. The van der Waals surface area contributed by atoms with Crippen molar-refractivity contribution >= 4 is 17.5 Å². The molecule has 0 saturated carbocycles. The summed E-state index contributed by atoms with van der Waals surface area (Å²) in [6.45, 7) is 12.2. The first kappa shape index (κ1) is 22.0. The highest BCUT2D eigenvalue weighted by molar-refractivity contribution is 6.33. The van der Waals surface area contributed by atoms with Gasteiger partial charge in [0.05, 0.1) is 5.69 Å². The highest BCUT2D eigenvalue weighted by Gasteiger charge is 2.25. The van der Waals surface area contributed by atoms with E-state index in [0.29, 0.717) is 22.1 Å². The summed E-state index contributed by atoms with van der Waals surface area (Å²) in [5, 5.41) is 16.0. The third kappa shape index (κ3) is 4.70. The largest absolute Gasteiger partial charge is 0.347 e. The van der Waals surface area contributed by atoms with E-state index in [1.807, 2.05) is 84.0 Å². The maximum Gasteiger partial charge on any atom is 0.251 e. The molecule has 0 radical (unpaired) electrons. The Balaban J connectivity index is 2.19. The van der Waals surface area contributed by atoms with Crippen molar-refractivity contribution in [2.24, 2.45) is 0 Å². The third-order valence-electron chi connectivity index (χ3n) is 5.09. The summed E-state index contributed by atoms with van der Waals surface area (Å²) < 4.78 is 1.68. The molecule has 0 unspecified atom stereocenters. The number of tetrazole rings is 1. The number of carbonyl (C=O) groups excluding carboxylic acids is 1. The van der Waals surface area contributed by atoms with Gasteiger partial charge in [0.25, 0.3) is 5.91 Å². The van der Waals surface area contributed by atoms with Crippen LogP contribution in [0.5, 0.6) is 0 Å². The fourth-order valence-corrected chi connectivity index (χ4v) is 3.26. The molecule has 6 nitrogen and oxygen atoms in total. The summed E-state index contributed by atoms with van der Waals surface area (Å²) in [5.41, 5.74) is 2.32. The number of rotatable bonds is 5. The molecule has 1 N–H and O–H groups in total. The monoisotopic (exact) mass is 425 g/mol. The van der Waals surface area contributed by atoms with E-state index in [1.165, 1.54) is 0 Å². The summed E-state index contributed by atoms with van der Waals surface area (Å²) in [6.07, 6.45) is 0.816. The Kier molecular flexibility index (Phi) is 5.99. The van der Waals surface area contributed by atoms with Gasteiger partial charge in [0.15, 0.2) is 5.82 Å². The van der Waals surface area contributed by atoms with Crippen LogP contribution in [0.25, 0.3) is 16.8 Å². The van der Waals surface area contributed by atoms with E-state index in [2.05, 4.69) is 20.8 Å². The second kappa shape index (κ2) is 8.19. The lowest BCUT2D eigenvalue weighted by atomic mass is 9.95. The average Bonchev–Trinajstić information content (AvgIpc) is 3.18. The van der Waals surface area contributed by atoms with E-state index in [9.17, 15) is 4.79 Å². The van der Waals surface area contributed by atoms with Crippen LogP contribution in [0, 0.1) is 0 Å². The molecule has 7 heteroatoms. The number of hydrogen-bond donors (Lipinski definition) is 1. The van der Waals surface area contributed by atoms with Gasteiger partial charge in [0.1, 0.15) is 0 Å². The Bertz CT molecular complexity index is 1070. The van der Waals surface area contributed by atoms with Gasteiger partial charge in [-0.15, -0.1) is 5.10 Å². The Morgan fingerprint density at radius 3 is 2.43 bits per heavy atom. The van der Waals surface area contributed by atoms with Crippen molar-refractivity contribution in [1.29, 1.82) is 0 Å². The molecule has 3 rings (SSSR count). The van der Waals surface area contributed by atoms with E-state index in [0.717, 1.165) is 17.5 Å². The number of halogens is 1. The molecule has 1 heterocycles. The first-order valence-electron chi connectivity index (χ1n) is 10.0. The van der Waals surface area contributed by atoms with Gasteiger partial charge in [-0.05, 0) is 60.5 Å². The standard InChI is InChI=1S/C23H28ClN5O/c1-7-23(5,6)25-20(30)16-12-15(18-10-8-9-11-19(18)24)13-17(14-16)29-21(22(2,3)4)26-27-28-29/h8-14H,7H2,1-6H3,(H,25,30). The van der Waals surface area contributed by atoms with Crippen LogP contribution in [0.1, 0.15) is 64.1 Å². The molecular formula is C23H28ClN5O. The topological polar surface area (TPSA) is 72.7 Å². The number of amides is 1. The number of nitrogens with one attached hydrogen (secondary N) is 1. The Hall–Kier alpha value is -2.73. The van der Waals surface area contributed by atoms with Crippen LogP contribution in [-0.2, 0) is 5.41 Å². The van der Waals surface area contributed by atoms with Crippen molar-refractivity contribution in [3.63, 3.8) is 0 Å². The lowest BCUT2D eigenvalue weighted by molar-refractivity contribution is 0.0911. The van der Waals surface area contributed by atoms with E-state index < -0.39 is 0 Å². The fraction of sp³-hybridized carbons (Fsp3) is 0.391. The van der Waals surface area contributed by atoms with Crippen LogP contribution in [-0.4, -0.2) is 31.7 Å². The Morgan fingerprint density at radius 2 is 1.80 bits per heavy atom. The average molecular weight is 426 g/mol. The normalized spacial score (nSPS) is 12.1. The molecule has 0 spiro atoms. The molecule has 1 aromatic heterocycles. The molecule has 0 saturated heterocycles. The SMILES string of the molecule is CCC(C)(C)NC(=O)c1cc(-c2ccccc2Cl)cc(-n2nnnc2C(C)(C)C)c1. The molecule has 1 amide bonds. The minimum absolute atomic E-state index is 0.151. The van der Waals surface area contributed by atoms with Crippen LogP contribution in [0.2, 0.25) is 5.02 Å². The van der Waals surface area contributed by atoms with Crippen LogP contribution < -0.4 is 5.32 Å². The van der Waals surface area contributed by atoms with Crippen molar-refractivity contribution in [2.75, 3.05) is 0 Å². The predicted molar refractivity (Wildman–Crippen MR) is 120 cm³/mol. The minimum atomic E-state index is -0.316. The van der Waals surface area contributed by atoms with Crippen molar-refractivity contribution in [3.8, 4) is 16.8 Å². The second-order valence-corrected chi connectivity index (χ2v) is 9.51. The molecule has 0 atom stereocenters. The minimum Gasteiger partial charge on any atom is -0.347 e. The first-order valence-corrected chi connectivity index (χ1v) is 10.4. The number of carbonyl (C=O) groups is 1. The molecule has 0 aliphatic rings. The molecule has 2 aromatic carbocycles. The summed E-state index contributed by atoms with van der Waals surface area (Å²) >= 11 is 6.45. The maximum atomic E-state index is 13.1. The van der Waals surface area contributed by atoms with Gasteiger partial charge in [-0.3, -0.25) is 4.79 Å². The molecule has 3 aromatic rings. The third-order valence-corrected chi connectivity index (χ3v) is 5.42. The van der Waals surface area contributed by atoms with E-state index in [-0.39, 0.29) is 16.9 Å². The summed E-state index contributed by atoms with van der Waals surface area (Å²) in [4.78, 5) is 13.1. The van der Waals surface area contributed by atoms with E-state index in [1.54, 1.807) is 4.68 Å². The smallest absolute Gasteiger partial charge is 0.251 e. The fourth-order valence-electron chi connectivity index (χ4n) is 3.01. The highest BCUT2D eigenvalue weighted by Crippen LogP contribution is 2.31. The van der Waals surface area contributed by atoms with E-state index >= 15 is 0 Å². The van der Waals surface area contributed by atoms with Crippen molar-refractivity contribution in [2.45, 2.75) is 58.9 Å². The Labute approximate surface area is 182 Å². The van der Waals surface area contributed by atoms with Gasteiger partial charge in [0.2, 0.25) is 0 Å². The zero-order chi connectivity index (χ0) is 22.1. The molecule has 0 aliphatic heterocycles. The molecule has 158 valence electrons. The maximum absolute atomic E-state index is 13.1. The molecule has 0 bridgehead atoms. The van der Waals surface area contributed by atoms with Crippen molar-refractivity contribution in [1.82, 2.24) is 25.5 Å². The summed E-state index contributed by atoms with van der Waals surface area (Å²) in [6, 6.07) is 13.2. The number of nitrogens with zero attached hydrogens (tertiary/aromatic N) is 4. The second-order valence-electron chi connectivity index (χ2n) is 9.10. The number of benzene rings is 2.